The van der Waals surface area contributed by atoms with E-state index in [2.05, 4.69) is 9.97 Å². The second-order valence-corrected chi connectivity index (χ2v) is 5.34. The number of hydrogen-bond acceptors (Lipinski definition) is 5. The molecule has 6 heteroatoms. The molecule has 2 heterocycles. The summed E-state index contributed by atoms with van der Waals surface area (Å²) in [6.45, 7) is 2.03. The molecule has 0 radical (unpaired) electrons. The first kappa shape index (κ1) is 14.5. The van der Waals surface area contributed by atoms with Gasteiger partial charge in [-0.05, 0) is 30.2 Å². The SMILES string of the molecule is CCOC(=O)c1cccnc1C[S+]([O-])c1ccncc1. The summed E-state index contributed by atoms with van der Waals surface area (Å²) in [6, 6.07) is 6.65. The molecule has 0 fully saturated rings. The summed E-state index contributed by atoms with van der Waals surface area (Å²) >= 11 is -1.28. The zero-order chi connectivity index (χ0) is 14.4. The van der Waals surface area contributed by atoms with Crippen molar-refractivity contribution < 1.29 is 14.1 Å². The molecule has 20 heavy (non-hydrogen) atoms. The summed E-state index contributed by atoms with van der Waals surface area (Å²) in [7, 11) is 0. The molecule has 0 spiro atoms. The molecule has 0 saturated carbocycles. The summed E-state index contributed by atoms with van der Waals surface area (Å²) in [5.74, 6) is -0.277. The molecular formula is C14H14N2O3S. The zero-order valence-electron chi connectivity index (χ0n) is 11.0. The Morgan fingerprint density at radius 3 is 2.75 bits per heavy atom. The monoisotopic (exact) mass is 290 g/mol. The van der Waals surface area contributed by atoms with Crippen molar-refractivity contribution in [2.24, 2.45) is 0 Å². The first-order valence-corrected chi connectivity index (χ1v) is 7.43. The Morgan fingerprint density at radius 2 is 2.05 bits per heavy atom. The molecule has 0 aliphatic heterocycles. The van der Waals surface area contributed by atoms with Crippen molar-refractivity contribution >= 4 is 17.1 Å². The third-order valence-corrected chi connectivity index (χ3v) is 3.90. The Kier molecular flexibility index (Phi) is 5.09. The van der Waals surface area contributed by atoms with E-state index in [0.29, 0.717) is 22.8 Å². The predicted molar refractivity (Wildman–Crippen MR) is 74.5 cm³/mol. The zero-order valence-corrected chi connectivity index (χ0v) is 11.8. The minimum atomic E-state index is -1.28. The van der Waals surface area contributed by atoms with Gasteiger partial charge in [0.2, 0.25) is 0 Å². The molecule has 1 atom stereocenters. The van der Waals surface area contributed by atoms with Crippen LogP contribution in [0.5, 0.6) is 0 Å². The van der Waals surface area contributed by atoms with E-state index in [-0.39, 0.29) is 5.75 Å². The molecular weight excluding hydrogens is 276 g/mol. The highest BCUT2D eigenvalue weighted by Gasteiger charge is 2.19. The van der Waals surface area contributed by atoms with Crippen molar-refractivity contribution in [3.05, 3.63) is 54.1 Å². The average Bonchev–Trinajstić information content (AvgIpc) is 2.49. The number of carbonyl (C=O) groups is 1. The Balaban J connectivity index is 2.19. The number of hydrogen-bond donors (Lipinski definition) is 0. The number of ether oxygens (including phenoxy) is 1. The fraction of sp³-hybridized carbons (Fsp3) is 0.214. The minimum absolute atomic E-state index is 0.166. The number of nitrogens with zero attached hydrogens (tertiary/aromatic N) is 2. The van der Waals surface area contributed by atoms with Crippen LogP contribution in [0.3, 0.4) is 0 Å². The number of pyridine rings is 2. The Bertz CT molecular complexity index is 578. The average molecular weight is 290 g/mol. The van der Waals surface area contributed by atoms with Crippen LogP contribution in [0.25, 0.3) is 0 Å². The number of esters is 1. The molecule has 2 rings (SSSR count). The van der Waals surface area contributed by atoms with Crippen LogP contribution in [-0.2, 0) is 21.7 Å². The molecule has 104 valence electrons. The largest absolute Gasteiger partial charge is 0.611 e. The normalized spacial score (nSPS) is 11.9. The number of rotatable bonds is 5. The van der Waals surface area contributed by atoms with E-state index < -0.39 is 17.1 Å². The highest BCUT2D eigenvalue weighted by molar-refractivity contribution is 7.90. The first-order chi connectivity index (χ1) is 9.72. The van der Waals surface area contributed by atoms with E-state index in [1.165, 1.54) is 0 Å². The quantitative estimate of drug-likeness (QED) is 0.621. The van der Waals surface area contributed by atoms with Crippen LogP contribution in [0.1, 0.15) is 23.0 Å². The molecule has 0 bridgehead atoms. The Labute approximate surface area is 120 Å². The van der Waals surface area contributed by atoms with Crippen LogP contribution < -0.4 is 0 Å². The lowest BCUT2D eigenvalue weighted by Gasteiger charge is -2.11. The maximum atomic E-state index is 12.2. The van der Waals surface area contributed by atoms with Gasteiger partial charge in [0, 0.05) is 30.7 Å². The molecule has 0 aliphatic carbocycles. The second kappa shape index (κ2) is 7.02. The summed E-state index contributed by atoms with van der Waals surface area (Å²) in [5.41, 5.74) is 0.831. The van der Waals surface area contributed by atoms with Gasteiger partial charge in [0.15, 0.2) is 10.6 Å². The van der Waals surface area contributed by atoms with Gasteiger partial charge in [0.05, 0.1) is 12.2 Å². The molecule has 2 aromatic rings. The van der Waals surface area contributed by atoms with Crippen molar-refractivity contribution in [2.45, 2.75) is 17.6 Å². The van der Waals surface area contributed by atoms with Crippen molar-refractivity contribution in [3.8, 4) is 0 Å². The van der Waals surface area contributed by atoms with Crippen LogP contribution >= 0.6 is 0 Å². The van der Waals surface area contributed by atoms with Crippen molar-refractivity contribution in [2.75, 3.05) is 6.61 Å². The van der Waals surface area contributed by atoms with E-state index in [9.17, 15) is 9.35 Å². The number of aromatic nitrogens is 2. The van der Waals surface area contributed by atoms with Crippen LogP contribution in [0.4, 0.5) is 0 Å². The van der Waals surface area contributed by atoms with Crippen LogP contribution in [0.15, 0.2) is 47.8 Å². The van der Waals surface area contributed by atoms with Crippen LogP contribution in [0.2, 0.25) is 0 Å². The molecule has 2 aromatic heterocycles. The van der Waals surface area contributed by atoms with Crippen LogP contribution in [0, 0.1) is 0 Å². The molecule has 1 unspecified atom stereocenters. The maximum Gasteiger partial charge on any atom is 0.340 e. The van der Waals surface area contributed by atoms with Gasteiger partial charge < -0.3 is 9.29 Å². The summed E-state index contributed by atoms with van der Waals surface area (Å²) in [4.78, 5) is 20.5. The molecule has 0 amide bonds. The lowest BCUT2D eigenvalue weighted by atomic mass is 10.2. The van der Waals surface area contributed by atoms with Crippen molar-refractivity contribution in [1.82, 2.24) is 9.97 Å². The summed E-state index contributed by atoms with van der Waals surface area (Å²) in [5, 5.41) is 0. The molecule has 5 nitrogen and oxygen atoms in total. The third-order valence-electron chi connectivity index (χ3n) is 2.57. The third kappa shape index (κ3) is 3.55. The highest BCUT2D eigenvalue weighted by Crippen LogP contribution is 2.17. The van der Waals surface area contributed by atoms with Gasteiger partial charge in [-0.25, -0.2) is 4.79 Å². The lowest BCUT2D eigenvalue weighted by molar-refractivity contribution is 0.0525. The second-order valence-electron chi connectivity index (χ2n) is 3.89. The van der Waals surface area contributed by atoms with Gasteiger partial charge in [0.1, 0.15) is 5.69 Å². The van der Waals surface area contributed by atoms with E-state index in [4.69, 9.17) is 4.74 Å². The minimum Gasteiger partial charge on any atom is -0.611 e. The summed E-state index contributed by atoms with van der Waals surface area (Å²) < 4.78 is 17.2. The van der Waals surface area contributed by atoms with Crippen molar-refractivity contribution in [1.29, 1.82) is 0 Å². The van der Waals surface area contributed by atoms with Gasteiger partial charge in [-0.15, -0.1) is 0 Å². The van der Waals surface area contributed by atoms with Gasteiger partial charge >= 0.3 is 5.97 Å². The topological polar surface area (TPSA) is 75.1 Å². The fourth-order valence-corrected chi connectivity index (χ4v) is 2.72. The molecule has 0 N–H and O–H groups in total. The van der Waals surface area contributed by atoms with E-state index >= 15 is 0 Å². The van der Waals surface area contributed by atoms with E-state index in [1.807, 2.05) is 0 Å². The highest BCUT2D eigenvalue weighted by atomic mass is 32.2. The van der Waals surface area contributed by atoms with Gasteiger partial charge in [-0.2, -0.15) is 0 Å². The molecule has 0 aliphatic rings. The lowest BCUT2D eigenvalue weighted by Crippen LogP contribution is -2.13. The summed E-state index contributed by atoms with van der Waals surface area (Å²) in [6.07, 6.45) is 4.73. The fourth-order valence-electron chi connectivity index (χ4n) is 1.65. The van der Waals surface area contributed by atoms with Crippen LogP contribution in [-0.4, -0.2) is 27.1 Å². The van der Waals surface area contributed by atoms with Gasteiger partial charge in [-0.1, -0.05) is 0 Å². The molecule has 0 saturated heterocycles. The number of carbonyl (C=O) groups excluding carboxylic acids is 1. The standard InChI is InChI=1S/C14H14N2O3S/c1-2-19-14(17)12-4-3-7-16-13(12)10-20(18)11-5-8-15-9-6-11/h3-9H,2,10H2,1H3. The Hall–Kier alpha value is -1.92. The van der Waals surface area contributed by atoms with E-state index in [0.717, 1.165) is 0 Å². The Morgan fingerprint density at radius 1 is 1.30 bits per heavy atom. The smallest absolute Gasteiger partial charge is 0.340 e. The van der Waals surface area contributed by atoms with Crippen molar-refractivity contribution in [3.63, 3.8) is 0 Å². The van der Waals surface area contributed by atoms with Gasteiger partial charge in [0.25, 0.3) is 0 Å². The predicted octanol–water partition coefficient (Wildman–Crippen LogP) is 1.96. The first-order valence-electron chi connectivity index (χ1n) is 6.11. The molecule has 0 aromatic carbocycles. The van der Waals surface area contributed by atoms with E-state index in [1.54, 1.807) is 49.8 Å². The maximum absolute atomic E-state index is 12.2. The van der Waals surface area contributed by atoms with Gasteiger partial charge in [-0.3, -0.25) is 9.97 Å².